The van der Waals surface area contributed by atoms with E-state index in [1.54, 1.807) is 0 Å². The van der Waals surface area contributed by atoms with E-state index in [4.69, 9.17) is 14.2 Å². The van der Waals surface area contributed by atoms with Crippen LogP contribution in [0.4, 0.5) is 5.82 Å². The lowest BCUT2D eigenvalue weighted by molar-refractivity contribution is -0.160. The zero-order valence-electron chi connectivity index (χ0n) is 17.2. The fourth-order valence-electron chi connectivity index (χ4n) is 2.29. The van der Waals surface area contributed by atoms with Crippen LogP contribution in [0, 0.1) is 5.41 Å². The number of morpholine rings is 1. The molecule has 9 heteroatoms. The van der Waals surface area contributed by atoms with Gasteiger partial charge in [-0.25, -0.2) is 0 Å². The lowest BCUT2D eigenvalue weighted by Crippen LogP contribution is -2.45. The van der Waals surface area contributed by atoms with Gasteiger partial charge in [-0.3, -0.25) is 4.79 Å². The number of carbonyl (C=O) groups is 1. The summed E-state index contributed by atoms with van der Waals surface area (Å²) in [4.78, 5) is 14.4. The number of nitrogens with zero attached hydrogens (tertiary/aromatic N) is 3. The van der Waals surface area contributed by atoms with Gasteiger partial charge in [0, 0.05) is 25.2 Å². The van der Waals surface area contributed by atoms with Gasteiger partial charge in [0.15, 0.2) is 0 Å². The zero-order valence-corrected chi connectivity index (χ0v) is 18.0. The lowest BCUT2D eigenvalue weighted by Gasteiger charge is -2.28. The molecule has 0 aliphatic carbocycles. The molecule has 1 aliphatic rings. The van der Waals surface area contributed by atoms with Gasteiger partial charge in [0.25, 0.3) is 5.88 Å². The second kappa shape index (κ2) is 9.16. The molecule has 0 radical (unpaired) electrons. The fraction of sp³-hybridized carbons (Fsp3) is 0.833. The van der Waals surface area contributed by atoms with Crippen LogP contribution in [0.5, 0.6) is 5.88 Å². The van der Waals surface area contributed by atoms with Crippen LogP contribution in [-0.4, -0.2) is 65.8 Å². The van der Waals surface area contributed by atoms with E-state index in [1.807, 2.05) is 20.8 Å². The van der Waals surface area contributed by atoms with E-state index >= 15 is 0 Å². The first-order chi connectivity index (χ1) is 12.6. The zero-order chi connectivity index (χ0) is 20.1. The lowest BCUT2D eigenvalue weighted by atomic mass is 9.97. The molecule has 0 saturated carbocycles. The van der Waals surface area contributed by atoms with Gasteiger partial charge >= 0.3 is 5.97 Å². The highest BCUT2D eigenvalue weighted by molar-refractivity contribution is 6.99. The van der Waals surface area contributed by atoms with E-state index < -0.39 is 11.5 Å². The largest absolute Gasteiger partial charge is 0.470 e. The van der Waals surface area contributed by atoms with E-state index in [0.717, 1.165) is 30.6 Å². The molecule has 1 aromatic rings. The molecular formula is C18H32N4O4S. The van der Waals surface area contributed by atoms with Crippen LogP contribution in [0.1, 0.15) is 41.5 Å². The molecule has 0 bridgehead atoms. The summed E-state index contributed by atoms with van der Waals surface area (Å²) in [5.74, 6) is 0.957. The van der Waals surface area contributed by atoms with Gasteiger partial charge in [0.05, 0.1) is 30.4 Å². The van der Waals surface area contributed by atoms with Crippen molar-refractivity contribution in [1.82, 2.24) is 14.1 Å². The van der Waals surface area contributed by atoms with Crippen LogP contribution >= 0.6 is 11.7 Å². The number of esters is 1. The predicted octanol–water partition coefficient (Wildman–Crippen LogP) is 2.10. The van der Waals surface area contributed by atoms with Crippen molar-refractivity contribution in [2.24, 2.45) is 5.41 Å². The molecule has 1 N–H and O–H groups in total. The molecule has 2 heterocycles. The summed E-state index contributed by atoms with van der Waals surface area (Å²) in [5.41, 5.74) is -0.658. The SMILES string of the molecule is CC(C)(C)NC[C@@H](COc1nsnc1N1CCOCC1)OC(=O)C(C)(C)C. The van der Waals surface area contributed by atoms with Gasteiger partial charge in [-0.1, -0.05) is 0 Å². The number of anilines is 1. The third kappa shape index (κ3) is 7.23. The Balaban J connectivity index is 2.00. The molecule has 1 fully saturated rings. The monoisotopic (exact) mass is 400 g/mol. The van der Waals surface area contributed by atoms with Crippen molar-refractivity contribution >= 4 is 23.5 Å². The number of nitrogens with one attached hydrogen (secondary N) is 1. The van der Waals surface area contributed by atoms with Crippen LogP contribution < -0.4 is 15.0 Å². The van der Waals surface area contributed by atoms with E-state index in [2.05, 4.69) is 39.7 Å². The van der Waals surface area contributed by atoms with Crippen LogP contribution in [0.15, 0.2) is 0 Å². The third-order valence-electron chi connectivity index (χ3n) is 3.91. The number of aromatic nitrogens is 2. The van der Waals surface area contributed by atoms with Crippen LogP contribution in [0.3, 0.4) is 0 Å². The molecule has 1 aromatic heterocycles. The molecule has 0 spiro atoms. The molecule has 27 heavy (non-hydrogen) atoms. The maximum Gasteiger partial charge on any atom is 0.311 e. The molecule has 0 aromatic carbocycles. The molecule has 1 atom stereocenters. The predicted molar refractivity (Wildman–Crippen MR) is 106 cm³/mol. The van der Waals surface area contributed by atoms with Crippen molar-refractivity contribution in [2.45, 2.75) is 53.2 Å². The molecule has 1 saturated heterocycles. The molecule has 0 unspecified atom stereocenters. The number of ether oxygens (including phenoxy) is 3. The minimum atomic E-state index is -0.568. The first-order valence-electron chi connectivity index (χ1n) is 9.30. The van der Waals surface area contributed by atoms with Gasteiger partial charge in [0.1, 0.15) is 12.7 Å². The molecule has 154 valence electrons. The van der Waals surface area contributed by atoms with Crippen LogP contribution in [0.2, 0.25) is 0 Å². The third-order valence-corrected chi connectivity index (χ3v) is 4.41. The van der Waals surface area contributed by atoms with Crippen molar-refractivity contribution in [2.75, 3.05) is 44.4 Å². The Labute approximate surface area is 165 Å². The van der Waals surface area contributed by atoms with Crippen molar-refractivity contribution < 1.29 is 19.0 Å². The maximum atomic E-state index is 12.3. The van der Waals surface area contributed by atoms with Gasteiger partial charge in [-0.05, 0) is 41.5 Å². The highest BCUT2D eigenvalue weighted by atomic mass is 32.1. The standard InChI is InChI=1S/C18H32N4O4S/c1-17(2,3)16(23)26-13(11-19-18(4,5)6)12-25-15-14(20-27-21-15)22-7-9-24-10-8-22/h13,19H,7-12H2,1-6H3/t13-/m0/s1. The van der Waals surface area contributed by atoms with E-state index in [0.29, 0.717) is 25.6 Å². The number of carbonyl (C=O) groups excluding carboxylic acids is 1. The highest BCUT2D eigenvalue weighted by Crippen LogP contribution is 2.26. The second-order valence-corrected chi connectivity index (χ2v) is 9.24. The highest BCUT2D eigenvalue weighted by Gasteiger charge is 2.28. The van der Waals surface area contributed by atoms with Crippen LogP contribution in [-0.2, 0) is 14.3 Å². The van der Waals surface area contributed by atoms with Crippen molar-refractivity contribution in [3.8, 4) is 5.88 Å². The Morgan fingerprint density at radius 3 is 2.48 bits per heavy atom. The average molecular weight is 401 g/mol. The summed E-state index contributed by atoms with van der Waals surface area (Å²) in [7, 11) is 0. The fourth-order valence-corrected chi connectivity index (χ4v) is 2.81. The summed E-state index contributed by atoms with van der Waals surface area (Å²) in [5, 5.41) is 3.37. The summed E-state index contributed by atoms with van der Waals surface area (Å²) in [6.45, 7) is 15.3. The van der Waals surface area contributed by atoms with Crippen LogP contribution in [0.25, 0.3) is 0 Å². The van der Waals surface area contributed by atoms with E-state index in [-0.39, 0.29) is 18.1 Å². The summed E-state index contributed by atoms with van der Waals surface area (Å²) < 4.78 is 25.6. The minimum Gasteiger partial charge on any atom is -0.470 e. The van der Waals surface area contributed by atoms with Gasteiger partial charge in [-0.15, -0.1) is 4.37 Å². The van der Waals surface area contributed by atoms with Gasteiger partial charge < -0.3 is 24.4 Å². The van der Waals surface area contributed by atoms with Crippen molar-refractivity contribution in [3.05, 3.63) is 0 Å². The van der Waals surface area contributed by atoms with Gasteiger partial charge in [-0.2, -0.15) is 4.37 Å². The first kappa shape index (κ1) is 21.8. The maximum absolute atomic E-state index is 12.3. The smallest absolute Gasteiger partial charge is 0.311 e. The summed E-state index contributed by atoms with van der Waals surface area (Å²) >= 11 is 1.12. The molecule has 1 aliphatic heterocycles. The number of hydrogen-bond donors (Lipinski definition) is 1. The Bertz CT molecular complexity index is 603. The van der Waals surface area contributed by atoms with Crippen molar-refractivity contribution in [1.29, 1.82) is 0 Å². The Kier molecular flexibility index (Phi) is 7.41. The average Bonchev–Trinajstić information content (AvgIpc) is 3.05. The molecule has 8 nitrogen and oxygen atoms in total. The number of rotatable bonds is 7. The molecular weight excluding hydrogens is 368 g/mol. The Morgan fingerprint density at radius 2 is 1.89 bits per heavy atom. The minimum absolute atomic E-state index is 0.0897. The van der Waals surface area contributed by atoms with E-state index in [9.17, 15) is 4.79 Å². The quantitative estimate of drug-likeness (QED) is 0.697. The Hall–Kier alpha value is -1.45. The normalized spacial score (nSPS) is 16.9. The van der Waals surface area contributed by atoms with Gasteiger partial charge in [0.2, 0.25) is 5.82 Å². The second-order valence-electron chi connectivity index (χ2n) is 8.71. The van der Waals surface area contributed by atoms with Crippen molar-refractivity contribution in [3.63, 3.8) is 0 Å². The Morgan fingerprint density at radius 1 is 1.22 bits per heavy atom. The summed E-state index contributed by atoms with van der Waals surface area (Å²) in [6, 6.07) is 0. The topological polar surface area (TPSA) is 85.8 Å². The van der Waals surface area contributed by atoms with E-state index in [1.165, 1.54) is 0 Å². The molecule has 0 amide bonds. The first-order valence-corrected chi connectivity index (χ1v) is 10.0. The molecule has 2 rings (SSSR count). The number of hydrogen-bond acceptors (Lipinski definition) is 9. The summed E-state index contributed by atoms with van der Waals surface area (Å²) in [6.07, 6.45) is -0.421.